The van der Waals surface area contributed by atoms with Crippen LogP contribution in [0.2, 0.25) is 0 Å². The molecule has 3 N–H and O–H groups in total. The van der Waals surface area contributed by atoms with Crippen molar-refractivity contribution < 1.29 is 9.90 Å². The summed E-state index contributed by atoms with van der Waals surface area (Å²) in [6.45, 7) is 1.42. The number of thiazole rings is 1. The average molecular weight is 172 g/mol. The van der Waals surface area contributed by atoms with Gasteiger partial charge in [0.05, 0.1) is 11.2 Å². The molecule has 0 radical (unpaired) electrons. The molecule has 11 heavy (non-hydrogen) atoms. The van der Waals surface area contributed by atoms with Gasteiger partial charge in [-0.1, -0.05) is 0 Å². The predicted octanol–water partition coefficient (Wildman–Crippen LogP) is 0.402. The predicted molar refractivity (Wildman–Crippen MR) is 41.3 cm³/mol. The Labute approximate surface area is 67.7 Å². The van der Waals surface area contributed by atoms with E-state index in [2.05, 4.69) is 4.98 Å². The number of carbonyl (C=O) groups is 1. The summed E-state index contributed by atoms with van der Waals surface area (Å²) in [5.41, 5.74) is 6.07. The molecule has 0 aliphatic heterocycles. The van der Waals surface area contributed by atoms with Crippen LogP contribution in [-0.4, -0.2) is 16.1 Å². The summed E-state index contributed by atoms with van der Waals surface area (Å²) in [6.07, 6.45) is 0. The van der Waals surface area contributed by atoms with E-state index < -0.39 is 11.5 Å². The molecular formula is C6H8N2O2S. The Hall–Kier alpha value is -0.940. The topological polar surface area (TPSA) is 76.2 Å². The van der Waals surface area contributed by atoms with E-state index in [0.717, 1.165) is 0 Å². The van der Waals surface area contributed by atoms with Gasteiger partial charge < -0.3 is 10.8 Å². The first-order chi connectivity index (χ1) is 5.05. The number of aromatic nitrogens is 1. The number of hydrogen-bond donors (Lipinski definition) is 2. The van der Waals surface area contributed by atoms with Gasteiger partial charge in [0.25, 0.3) is 0 Å². The number of rotatable bonds is 2. The second-order valence-corrected chi connectivity index (χ2v) is 3.10. The maximum atomic E-state index is 10.6. The maximum Gasteiger partial charge on any atom is 0.329 e. The molecule has 0 aliphatic carbocycles. The number of carboxylic acids is 1. The number of carboxylic acid groups (broad SMARTS) is 1. The molecule has 0 aromatic carbocycles. The van der Waals surface area contributed by atoms with Gasteiger partial charge in [-0.05, 0) is 6.92 Å². The van der Waals surface area contributed by atoms with Crippen LogP contribution in [0.5, 0.6) is 0 Å². The van der Waals surface area contributed by atoms with E-state index in [4.69, 9.17) is 10.8 Å². The third-order valence-corrected chi connectivity index (χ3v) is 2.00. The second kappa shape index (κ2) is 2.60. The molecule has 0 amide bonds. The number of aliphatic carboxylic acids is 1. The van der Waals surface area contributed by atoms with Gasteiger partial charge in [-0.2, -0.15) is 0 Å². The van der Waals surface area contributed by atoms with E-state index in [0.29, 0.717) is 5.69 Å². The van der Waals surface area contributed by atoms with Crippen LogP contribution in [0.15, 0.2) is 10.9 Å². The molecule has 0 saturated heterocycles. The van der Waals surface area contributed by atoms with Gasteiger partial charge >= 0.3 is 5.97 Å². The molecule has 0 spiro atoms. The van der Waals surface area contributed by atoms with Crippen molar-refractivity contribution in [3.8, 4) is 0 Å². The van der Waals surface area contributed by atoms with Crippen molar-refractivity contribution in [3.63, 3.8) is 0 Å². The zero-order chi connectivity index (χ0) is 8.48. The average Bonchev–Trinajstić information content (AvgIpc) is 2.37. The highest BCUT2D eigenvalue weighted by molar-refractivity contribution is 7.07. The molecule has 1 aromatic heterocycles. The Balaban J connectivity index is 3.00. The zero-order valence-corrected chi connectivity index (χ0v) is 6.76. The van der Waals surface area contributed by atoms with E-state index in [1.165, 1.54) is 18.3 Å². The van der Waals surface area contributed by atoms with Crippen LogP contribution in [0, 0.1) is 0 Å². The first kappa shape index (κ1) is 8.16. The Morgan fingerprint density at radius 2 is 2.55 bits per heavy atom. The van der Waals surface area contributed by atoms with Gasteiger partial charge in [-0.15, -0.1) is 11.3 Å². The number of nitrogens with two attached hydrogens (primary N) is 1. The molecule has 60 valence electrons. The Morgan fingerprint density at radius 3 is 2.91 bits per heavy atom. The van der Waals surface area contributed by atoms with Crippen LogP contribution in [0.3, 0.4) is 0 Å². The van der Waals surface area contributed by atoms with Crippen LogP contribution in [0.25, 0.3) is 0 Å². The molecule has 4 nitrogen and oxygen atoms in total. The van der Waals surface area contributed by atoms with E-state index in [1.807, 2.05) is 0 Å². The van der Waals surface area contributed by atoms with Crippen LogP contribution < -0.4 is 5.73 Å². The molecule has 1 aromatic rings. The molecule has 0 saturated carbocycles. The van der Waals surface area contributed by atoms with Crippen molar-refractivity contribution in [2.45, 2.75) is 12.5 Å². The Bertz CT molecular complexity index is 256. The highest BCUT2D eigenvalue weighted by Crippen LogP contribution is 2.16. The summed E-state index contributed by atoms with van der Waals surface area (Å²) in [7, 11) is 0. The van der Waals surface area contributed by atoms with Crippen molar-refractivity contribution in [1.29, 1.82) is 0 Å². The highest BCUT2D eigenvalue weighted by Gasteiger charge is 2.31. The lowest BCUT2D eigenvalue weighted by Crippen LogP contribution is -2.41. The molecule has 5 heteroatoms. The lowest BCUT2D eigenvalue weighted by atomic mass is 10.0. The maximum absolute atomic E-state index is 10.6. The molecule has 1 atom stereocenters. The largest absolute Gasteiger partial charge is 0.480 e. The van der Waals surface area contributed by atoms with E-state index in [1.54, 1.807) is 10.9 Å². The molecule has 0 aliphatic rings. The zero-order valence-electron chi connectivity index (χ0n) is 5.94. The number of nitrogens with zero attached hydrogens (tertiary/aromatic N) is 1. The van der Waals surface area contributed by atoms with Crippen molar-refractivity contribution in [2.75, 3.05) is 0 Å². The normalized spacial score (nSPS) is 15.8. The first-order valence-electron chi connectivity index (χ1n) is 2.96. The first-order valence-corrected chi connectivity index (χ1v) is 3.90. The van der Waals surface area contributed by atoms with Crippen LogP contribution >= 0.6 is 11.3 Å². The van der Waals surface area contributed by atoms with Crippen LogP contribution in [0.1, 0.15) is 12.6 Å². The standard InChI is InChI=1S/C6H8N2O2S/c1-6(7,5(9)10)4-2-11-3-8-4/h2-3H,7H2,1H3,(H,9,10)/t6-/m1/s1. The smallest absolute Gasteiger partial charge is 0.329 e. The van der Waals surface area contributed by atoms with Gasteiger partial charge in [0.15, 0.2) is 5.54 Å². The van der Waals surface area contributed by atoms with E-state index >= 15 is 0 Å². The minimum atomic E-state index is -1.36. The fraction of sp³-hybridized carbons (Fsp3) is 0.333. The van der Waals surface area contributed by atoms with Gasteiger partial charge in [0.2, 0.25) is 0 Å². The summed E-state index contributed by atoms with van der Waals surface area (Å²) < 4.78 is 0. The van der Waals surface area contributed by atoms with E-state index in [-0.39, 0.29) is 0 Å². The molecule has 1 rings (SSSR count). The van der Waals surface area contributed by atoms with Crippen molar-refractivity contribution in [2.24, 2.45) is 5.73 Å². The quantitative estimate of drug-likeness (QED) is 0.677. The molecular weight excluding hydrogens is 164 g/mol. The lowest BCUT2D eigenvalue weighted by molar-refractivity contribution is -0.143. The van der Waals surface area contributed by atoms with Crippen LogP contribution in [-0.2, 0) is 10.3 Å². The van der Waals surface area contributed by atoms with Gasteiger partial charge in [-0.3, -0.25) is 0 Å². The molecule has 0 unspecified atom stereocenters. The van der Waals surface area contributed by atoms with E-state index in [9.17, 15) is 4.79 Å². The van der Waals surface area contributed by atoms with Crippen molar-refractivity contribution in [1.82, 2.24) is 4.98 Å². The SMILES string of the molecule is C[C@](N)(C(=O)O)c1cscn1. The Kier molecular flexibility index (Phi) is 1.92. The number of hydrogen-bond acceptors (Lipinski definition) is 4. The van der Waals surface area contributed by atoms with Crippen LogP contribution in [0.4, 0.5) is 0 Å². The third kappa shape index (κ3) is 1.38. The minimum absolute atomic E-state index is 0.398. The second-order valence-electron chi connectivity index (χ2n) is 2.38. The summed E-state index contributed by atoms with van der Waals surface area (Å²) >= 11 is 1.33. The van der Waals surface area contributed by atoms with Crippen molar-refractivity contribution >= 4 is 17.3 Å². The Morgan fingerprint density at radius 1 is 1.91 bits per heavy atom. The molecule has 0 bridgehead atoms. The summed E-state index contributed by atoms with van der Waals surface area (Å²) in [6, 6.07) is 0. The highest BCUT2D eigenvalue weighted by atomic mass is 32.1. The van der Waals surface area contributed by atoms with Gasteiger partial charge in [0.1, 0.15) is 0 Å². The van der Waals surface area contributed by atoms with Gasteiger partial charge in [0, 0.05) is 5.38 Å². The fourth-order valence-electron chi connectivity index (χ4n) is 0.579. The third-order valence-electron chi connectivity index (χ3n) is 1.41. The monoisotopic (exact) mass is 172 g/mol. The van der Waals surface area contributed by atoms with Gasteiger partial charge in [-0.25, -0.2) is 9.78 Å². The summed E-state index contributed by atoms with van der Waals surface area (Å²) in [5.74, 6) is -1.07. The molecule has 1 heterocycles. The summed E-state index contributed by atoms with van der Waals surface area (Å²) in [4.78, 5) is 14.4. The minimum Gasteiger partial charge on any atom is -0.480 e. The van der Waals surface area contributed by atoms with Crippen molar-refractivity contribution in [3.05, 3.63) is 16.6 Å². The lowest BCUT2D eigenvalue weighted by Gasteiger charge is -2.15. The molecule has 0 fully saturated rings. The summed E-state index contributed by atoms with van der Waals surface area (Å²) in [5, 5.41) is 10.3. The fourth-order valence-corrected chi connectivity index (χ4v) is 1.25.